The van der Waals surface area contributed by atoms with Gasteiger partial charge in [-0.15, -0.1) is 0 Å². The van der Waals surface area contributed by atoms with Gasteiger partial charge in [-0.2, -0.15) is 4.98 Å². The number of nitrogens with one attached hydrogen (secondary N) is 3. The van der Waals surface area contributed by atoms with Gasteiger partial charge in [-0.1, -0.05) is 29.8 Å². The van der Waals surface area contributed by atoms with E-state index in [1.807, 2.05) is 56.3 Å². The molecule has 1 aliphatic carbocycles. The van der Waals surface area contributed by atoms with E-state index in [1.54, 1.807) is 12.1 Å². The Hall–Kier alpha value is -2.75. The molecule has 1 aliphatic rings. The first-order valence-electron chi connectivity index (χ1n) is 12.3. The Morgan fingerprint density at radius 2 is 1.66 bits per heavy atom. The zero-order chi connectivity index (χ0) is 24.8. The second kappa shape index (κ2) is 11.3. The number of fused-ring (bicyclic) bond motifs is 1. The molecule has 0 unspecified atom stereocenters. The normalized spacial score (nSPS) is 18.5. The Morgan fingerprint density at radius 1 is 0.943 bits per heavy atom. The highest BCUT2D eigenvalue weighted by Gasteiger charge is 2.22. The summed E-state index contributed by atoms with van der Waals surface area (Å²) in [6, 6.07) is 15.4. The molecule has 35 heavy (non-hydrogen) atoms. The molecule has 0 amide bonds. The average Bonchev–Trinajstić information content (AvgIpc) is 2.84. The minimum absolute atomic E-state index is 0.307. The molecule has 1 aromatic heterocycles. The van der Waals surface area contributed by atoms with Crippen LogP contribution in [0.1, 0.15) is 31.2 Å². The van der Waals surface area contributed by atoms with Crippen LogP contribution in [0.3, 0.4) is 0 Å². The molecular weight excluding hydrogens is 460 g/mol. The summed E-state index contributed by atoms with van der Waals surface area (Å²) in [6.45, 7) is 3.83. The molecule has 3 N–H and O–H groups in total. The van der Waals surface area contributed by atoms with E-state index in [1.165, 1.54) is 0 Å². The van der Waals surface area contributed by atoms with Crippen molar-refractivity contribution in [1.82, 2.24) is 20.0 Å². The summed E-state index contributed by atoms with van der Waals surface area (Å²) in [6.07, 6.45) is 4.38. The molecule has 1 fully saturated rings. The van der Waals surface area contributed by atoms with Crippen molar-refractivity contribution in [3.8, 4) is 0 Å². The van der Waals surface area contributed by atoms with Crippen molar-refractivity contribution in [3.63, 3.8) is 0 Å². The van der Waals surface area contributed by atoms with Gasteiger partial charge in [-0.05, 0) is 69.3 Å². The first-order valence-corrected chi connectivity index (χ1v) is 13.8. The molecule has 0 aliphatic heterocycles. The second-order valence-electron chi connectivity index (χ2n) is 9.56. The van der Waals surface area contributed by atoms with Gasteiger partial charge in [-0.25, -0.2) is 18.1 Å². The first kappa shape index (κ1) is 25.3. The predicted octanol–water partition coefficient (Wildman–Crippen LogP) is 3.54. The molecule has 0 atom stereocenters. The van der Waals surface area contributed by atoms with E-state index in [2.05, 4.69) is 21.4 Å². The molecular formula is C26H36N6O2S. The van der Waals surface area contributed by atoms with Crippen molar-refractivity contribution in [1.29, 1.82) is 0 Å². The Kier molecular flexibility index (Phi) is 8.20. The molecule has 4 rings (SSSR count). The number of sulfonamides is 1. The van der Waals surface area contributed by atoms with E-state index in [9.17, 15) is 8.42 Å². The summed E-state index contributed by atoms with van der Waals surface area (Å²) in [7, 11) is 0.553. The van der Waals surface area contributed by atoms with Gasteiger partial charge in [-0.3, -0.25) is 0 Å². The SMILES string of the molecule is Cc1ccc(S(=O)(=O)NCCNCC2CCC(Nc3nc(N(C)C)c4ccccc4n3)CC2)cc1. The summed E-state index contributed by atoms with van der Waals surface area (Å²) < 4.78 is 27.4. The van der Waals surface area contributed by atoms with Gasteiger partial charge < -0.3 is 15.5 Å². The number of rotatable bonds is 10. The maximum Gasteiger partial charge on any atom is 0.240 e. The third-order valence-corrected chi connectivity index (χ3v) is 8.02. The van der Waals surface area contributed by atoms with Crippen LogP contribution in [0.15, 0.2) is 53.4 Å². The van der Waals surface area contributed by atoms with Crippen molar-refractivity contribution in [2.45, 2.75) is 43.5 Å². The third kappa shape index (κ3) is 6.68. The number of aryl methyl sites for hydroxylation is 1. The minimum Gasteiger partial charge on any atom is -0.362 e. The van der Waals surface area contributed by atoms with Crippen LogP contribution in [0.5, 0.6) is 0 Å². The predicted molar refractivity (Wildman–Crippen MR) is 142 cm³/mol. The Labute approximate surface area is 208 Å². The largest absolute Gasteiger partial charge is 0.362 e. The summed E-state index contributed by atoms with van der Waals surface area (Å²) >= 11 is 0. The third-order valence-electron chi connectivity index (χ3n) is 6.54. The van der Waals surface area contributed by atoms with Crippen LogP contribution in [0.25, 0.3) is 10.9 Å². The van der Waals surface area contributed by atoms with Gasteiger partial charge in [0.2, 0.25) is 16.0 Å². The molecule has 2 aromatic carbocycles. The van der Waals surface area contributed by atoms with Crippen LogP contribution >= 0.6 is 0 Å². The average molecular weight is 497 g/mol. The van der Waals surface area contributed by atoms with E-state index < -0.39 is 10.0 Å². The van der Waals surface area contributed by atoms with Gasteiger partial charge in [0.25, 0.3) is 0 Å². The zero-order valence-corrected chi connectivity index (χ0v) is 21.6. The summed E-state index contributed by atoms with van der Waals surface area (Å²) in [4.78, 5) is 11.8. The van der Waals surface area contributed by atoms with Crippen LogP contribution in [0.4, 0.5) is 11.8 Å². The van der Waals surface area contributed by atoms with E-state index >= 15 is 0 Å². The van der Waals surface area contributed by atoms with E-state index in [-0.39, 0.29) is 0 Å². The molecule has 8 nitrogen and oxygen atoms in total. The Balaban J connectivity index is 1.19. The van der Waals surface area contributed by atoms with Crippen molar-refractivity contribution < 1.29 is 8.42 Å². The lowest BCUT2D eigenvalue weighted by molar-refractivity contribution is 0.325. The van der Waals surface area contributed by atoms with Crippen LogP contribution in [-0.4, -0.2) is 58.2 Å². The van der Waals surface area contributed by atoms with E-state index in [0.717, 1.165) is 54.5 Å². The highest BCUT2D eigenvalue weighted by atomic mass is 32.2. The fourth-order valence-electron chi connectivity index (χ4n) is 4.54. The Morgan fingerprint density at radius 3 is 2.37 bits per heavy atom. The quantitative estimate of drug-likeness (QED) is 0.369. The number of nitrogens with zero attached hydrogens (tertiary/aromatic N) is 3. The molecule has 0 saturated heterocycles. The maximum absolute atomic E-state index is 12.4. The minimum atomic E-state index is -3.45. The van der Waals surface area contributed by atoms with Crippen LogP contribution < -0.4 is 20.3 Å². The molecule has 0 spiro atoms. The van der Waals surface area contributed by atoms with Gasteiger partial charge in [0.1, 0.15) is 5.82 Å². The Bertz CT molecular complexity index is 1220. The van der Waals surface area contributed by atoms with E-state index in [0.29, 0.717) is 35.9 Å². The van der Waals surface area contributed by atoms with Crippen molar-refractivity contribution in [2.24, 2.45) is 5.92 Å². The standard InChI is InChI=1S/C26H36N6O2S/c1-19-8-14-22(15-9-19)35(33,34)28-17-16-27-18-20-10-12-21(13-11-20)29-26-30-24-7-5-4-6-23(24)25(31-26)32(2)3/h4-9,14-15,20-21,27-28H,10-13,16-18H2,1-3H3,(H,29,30,31). The lowest BCUT2D eigenvalue weighted by Crippen LogP contribution is -2.36. The molecule has 188 valence electrons. The van der Waals surface area contributed by atoms with Gasteiger partial charge >= 0.3 is 0 Å². The van der Waals surface area contributed by atoms with Gasteiger partial charge in [0.05, 0.1) is 10.4 Å². The number of benzene rings is 2. The highest BCUT2D eigenvalue weighted by Crippen LogP contribution is 2.28. The number of hydrogen-bond donors (Lipinski definition) is 3. The topological polar surface area (TPSA) is 99.2 Å². The van der Waals surface area contributed by atoms with Crippen molar-refractivity contribution in [3.05, 3.63) is 54.1 Å². The summed E-state index contributed by atoms with van der Waals surface area (Å²) in [5.74, 6) is 2.21. The second-order valence-corrected chi connectivity index (χ2v) is 11.3. The lowest BCUT2D eigenvalue weighted by Gasteiger charge is -2.29. The first-order chi connectivity index (χ1) is 16.8. The molecule has 0 bridgehead atoms. The number of anilines is 2. The van der Waals surface area contributed by atoms with Gasteiger partial charge in [0.15, 0.2) is 0 Å². The fourth-order valence-corrected chi connectivity index (χ4v) is 5.57. The smallest absolute Gasteiger partial charge is 0.240 e. The molecule has 3 aromatic rings. The van der Waals surface area contributed by atoms with Crippen LogP contribution in [0, 0.1) is 12.8 Å². The zero-order valence-electron chi connectivity index (χ0n) is 20.8. The molecule has 9 heteroatoms. The molecule has 1 saturated carbocycles. The number of aromatic nitrogens is 2. The van der Waals surface area contributed by atoms with Gasteiger partial charge in [0, 0.05) is 38.6 Å². The maximum atomic E-state index is 12.4. The lowest BCUT2D eigenvalue weighted by atomic mass is 9.86. The number of para-hydroxylation sites is 1. The summed E-state index contributed by atoms with van der Waals surface area (Å²) in [5.41, 5.74) is 1.99. The molecule has 1 heterocycles. The monoisotopic (exact) mass is 496 g/mol. The summed E-state index contributed by atoms with van der Waals surface area (Å²) in [5, 5.41) is 8.02. The van der Waals surface area contributed by atoms with Crippen LogP contribution in [0.2, 0.25) is 0 Å². The van der Waals surface area contributed by atoms with E-state index in [4.69, 9.17) is 9.97 Å². The fraction of sp³-hybridized carbons (Fsp3) is 0.462. The highest BCUT2D eigenvalue weighted by molar-refractivity contribution is 7.89. The molecule has 0 radical (unpaired) electrons. The van der Waals surface area contributed by atoms with Crippen molar-refractivity contribution in [2.75, 3.05) is 43.9 Å². The van der Waals surface area contributed by atoms with Crippen molar-refractivity contribution >= 4 is 32.7 Å². The van der Waals surface area contributed by atoms with Crippen LogP contribution in [-0.2, 0) is 10.0 Å². The number of hydrogen-bond acceptors (Lipinski definition) is 7.